The Kier molecular flexibility index (Phi) is 7.37. The molecule has 0 unspecified atom stereocenters. The first-order valence-corrected chi connectivity index (χ1v) is 12.2. The van der Waals surface area contributed by atoms with E-state index in [4.69, 9.17) is 9.47 Å². The minimum absolute atomic E-state index is 0. The van der Waals surface area contributed by atoms with Gasteiger partial charge in [-0.25, -0.2) is 9.97 Å². The van der Waals surface area contributed by atoms with Gasteiger partial charge in [-0.1, -0.05) is 0 Å². The molecule has 2 N–H and O–H groups in total. The number of piperidine rings is 1. The Labute approximate surface area is 208 Å². The molecule has 0 radical (unpaired) electrons. The van der Waals surface area contributed by atoms with E-state index < -0.39 is 0 Å². The zero-order valence-corrected chi connectivity index (χ0v) is 19.7. The molecule has 35 heavy (non-hydrogen) atoms. The van der Waals surface area contributed by atoms with Gasteiger partial charge in [0, 0.05) is 39.1 Å². The number of nitrogens with one attached hydrogen (secondary N) is 2. The molecule has 2 aromatic carbocycles. The Bertz CT molecular complexity index is 1180. The third kappa shape index (κ3) is 5.88. The zero-order chi connectivity index (χ0) is 23.9. The molecule has 0 bridgehead atoms. The summed E-state index contributed by atoms with van der Waals surface area (Å²) >= 11 is 0. The first-order chi connectivity index (χ1) is 17.3. The molecular formula is C27H34N6O2. The number of hydrogen-bond donors (Lipinski definition) is 2. The van der Waals surface area contributed by atoms with Crippen LogP contribution in [0.15, 0.2) is 54.7 Å². The summed E-state index contributed by atoms with van der Waals surface area (Å²) in [6, 6.07) is 18.0. The lowest BCUT2D eigenvalue weighted by Crippen LogP contribution is -2.36. The van der Waals surface area contributed by atoms with Gasteiger partial charge in [0.05, 0.1) is 31.1 Å². The van der Waals surface area contributed by atoms with E-state index in [9.17, 15) is 5.26 Å². The SMILES string of the molecule is N#Cc1cc(-c2ccnc(Nc3ccc(N4CCOCC4)cc3)n2)ccc1OCC1CCNCC1.[HH].[HH]. The van der Waals surface area contributed by atoms with Crippen molar-refractivity contribution in [2.75, 3.05) is 56.2 Å². The Morgan fingerprint density at radius 1 is 1.11 bits per heavy atom. The van der Waals surface area contributed by atoms with Crippen LogP contribution >= 0.6 is 0 Å². The molecule has 0 amide bonds. The summed E-state index contributed by atoms with van der Waals surface area (Å²) < 4.78 is 11.4. The Morgan fingerprint density at radius 3 is 2.69 bits per heavy atom. The van der Waals surface area contributed by atoms with E-state index in [-0.39, 0.29) is 2.85 Å². The molecule has 0 atom stereocenters. The second kappa shape index (κ2) is 11.2. The van der Waals surface area contributed by atoms with Crippen LogP contribution in [-0.4, -0.2) is 56.0 Å². The van der Waals surface area contributed by atoms with Crippen molar-refractivity contribution in [3.8, 4) is 23.1 Å². The Hall–Kier alpha value is -3.67. The van der Waals surface area contributed by atoms with Crippen molar-refractivity contribution in [1.29, 1.82) is 5.26 Å². The van der Waals surface area contributed by atoms with Crippen LogP contribution in [-0.2, 0) is 4.74 Å². The molecule has 2 aliphatic heterocycles. The smallest absolute Gasteiger partial charge is 0.227 e. The average molecular weight is 475 g/mol. The number of nitrogens with zero attached hydrogens (tertiary/aromatic N) is 4. The van der Waals surface area contributed by atoms with Gasteiger partial charge in [-0.2, -0.15) is 5.26 Å². The lowest BCUT2D eigenvalue weighted by atomic mass is 9.99. The van der Waals surface area contributed by atoms with E-state index >= 15 is 0 Å². The number of aromatic nitrogens is 2. The van der Waals surface area contributed by atoms with E-state index in [1.165, 1.54) is 5.69 Å². The molecule has 2 aliphatic rings. The zero-order valence-electron chi connectivity index (χ0n) is 19.7. The van der Waals surface area contributed by atoms with Crippen LogP contribution in [0.2, 0.25) is 0 Å². The highest BCUT2D eigenvalue weighted by molar-refractivity contribution is 5.66. The predicted molar refractivity (Wildman–Crippen MR) is 140 cm³/mol. The molecule has 2 fully saturated rings. The molecule has 0 saturated carbocycles. The fraction of sp³-hybridized carbons (Fsp3) is 0.370. The van der Waals surface area contributed by atoms with E-state index in [1.54, 1.807) is 6.20 Å². The second-order valence-electron chi connectivity index (χ2n) is 8.86. The number of morpholine rings is 1. The fourth-order valence-electron chi connectivity index (χ4n) is 4.44. The van der Waals surface area contributed by atoms with Crippen LogP contribution in [0.25, 0.3) is 11.3 Å². The summed E-state index contributed by atoms with van der Waals surface area (Å²) in [6.07, 6.45) is 3.93. The lowest BCUT2D eigenvalue weighted by Gasteiger charge is -2.28. The quantitative estimate of drug-likeness (QED) is 0.518. The van der Waals surface area contributed by atoms with Crippen molar-refractivity contribution in [2.45, 2.75) is 12.8 Å². The minimum atomic E-state index is 0. The summed E-state index contributed by atoms with van der Waals surface area (Å²) in [4.78, 5) is 11.4. The summed E-state index contributed by atoms with van der Waals surface area (Å²) in [5.74, 6) is 1.66. The molecule has 3 aromatic rings. The maximum absolute atomic E-state index is 9.70. The minimum Gasteiger partial charge on any atom is -0.492 e. The number of rotatable bonds is 7. The highest BCUT2D eigenvalue weighted by Gasteiger charge is 2.15. The van der Waals surface area contributed by atoms with E-state index in [1.807, 2.05) is 36.4 Å². The van der Waals surface area contributed by atoms with Gasteiger partial charge < -0.3 is 25.0 Å². The van der Waals surface area contributed by atoms with Crippen LogP contribution in [0.1, 0.15) is 21.3 Å². The Morgan fingerprint density at radius 2 is 1.91 bits per heavy atom. The number of benzene rings is 2. The standard InChI is InChI=1S/C27H30N6O2.2H2/c28-18-22-17-21(1-6-26(22)35-19-20-7-10-29-11-8-20)25-9-12-30-27(32-25)31-23-2-4-24(5-3-23)33-13-15-34-16-14-33;;/h1-6,9,12,17,20,29H,7-8,10-11,13-16,19H2,(H,30,31,32);2*1H. The van der Waals surface area contributed by atoms with Crippen molar-refractivity contribution in [3.63, 3.8) is 0 Å². The molecular weight excluding hydrogens is 440 g/mol. The summed E-state index contributed by atoms with van der Waals surface area (Å²) in [5, 5.41) is 16.3. The molecule has 0 aliphatic carbocycles. The molecule has 8 heteroatoms. The van der Waals surface area contributed by atoms with Crippen molar-refractivity contribution in [2.24, 2.45) is 5.92 Å². The highest BCUT2D eigenvalue weighted by atomic mass is 16.5. The van der Waals surface area contributed by atoms with Crippen LogP contribution in [0.3, 0.4) is 0 Å². The third-order valence-corrected chi connectivity index (χ3v) is 6.48. The summed E-state index contributed by atoms with van der Waals surface area (Å²) in [7, 11) is 0. The van der Waals surface area contributed by atoms with Gasteiger partial charge in [0.1, 0.15) is 11.8 Å². The van der Waals surface area contributed by atoms with Crippen LogP contribution < -0.4 is 20.3 Å². The van der Waals surface area contributed by atoms with Crippen molar-refractivity contribution >= 4 is 17.3 Å². The number of anilines is 3. The molecule has 8 nitrogen and oxygen atoms in total. The fourth-order valence-corrected chi connectivity index (χ4v) is 4.44. The maximum atomic E-state index is 9.70. The maximum Gasteiger partial charge on any atom is 0.227 e. The first kappa shape index (κ1) is 23.1. The molecule has 5 rings (SSSR count). The van der Waals surface area contributed by atoms with Gasteiger partial charge in [0.15, 0.2) is 0 Å². The van der Waals surface area contributed by atoms with Crippen LogP contribution in [0.4, 0.5) is 17.3 Å². The highest BCUT2D eigenvalue weighted by Crippen LogP contribution is 2.27. The van der Waals surface area contributed by atoms with Gasteiger partial charge >= 0.3 is 0 Å². The van der Waals surface area contributed by atoms with Gasteiger partial charge in [-0.05, 0) is 80.4 Å². The lowest BCUT2D eigenvalue weighted by molar-refractivity contribution is 0.122. The molecule has 0 spiro atoms. The predicted octanol–water partition coefficient (Wildman–Crippen LogP) is 4.47. The van der Waals surface area contributed by atoms with Crippen molar-refractivity contribution < 1.29 is 12.3 Å². The van der Waals surface area contributed by atoms with Crippen LogP contribution in [0.5, 0.6) is 5.75 Å². The molecule has 184 valence electrons. The van der Waals surface area contributed by atoms with Gasteiger partial charge in [-0.15, -0.1) is 0 Å². The normalized spacial score (nSPS) is 16.5. The molecule has 3 heterocycles. The number of ether oxygens (including phenoxy) is 2. The largest absolute Gasteiger partial charge is 0.492 e. The second-order valence-corrected chi connectivity index (χ2v) is 8.86. The van der Waals surface area contributed by atoms with Crippen molar-refractivity contribution in [3.05, 3.63) is 60.3 Å². The monoisotopic (exact) mass is 474 g/mol. The topological polar surface area (TPSA) is 95.3 Å². The third-order valence-electron chi connectivity index (χ3n) is 6.48. The summed E-state index contributed by atoms with van der Waals surface area (Å²) in [6.45, 7) is 6.04. The molecule has 2 saturated heterocycles. The van der Waals surface area contributed by atoms with Gasteiger partial charge in [-0.3, -0.25) is 0 Å². The van der Waals surface area contributed by atoms with Crippen molar-refractivity contribution in [1.82, 2.24) is 15.3 Å². The number of nitriles is 1. The van der Waals surface area contributed by atoms with E-state index in [0.29, 0.717) is 29.8 Å². The average Bonchev–Trinajstić information content (AvgIpc) is 2.93. The van der Waals surface area contributed by atoms with E-state index in [0.717, 1.165) is 69.2 Å². The van der Waals surface area contributed by atoms with Crippen LogP contribution in [0, 0.1) is 17.2 Å². The summed E-state index contributed by atoms with van der Waals surface area (Å²) in [5.41, 5.74) is 4.21. The Balaban J connectivity index is 0.00000190. The molecule has 1 aromatic heterocycles. The number of hydrogen-bond acceptors (Lipinski definition) is 8. The van der Waals surface area contributed by atoms with Gasteiger partial charge in [0.2, 0.25) is 5.95 Å². The van der Waals surface area contributed by atoms with Gasteiger partial charge in [0.25, 0.3) is 0 Å². The van der Waals surface area contributed by atoms with E-state index in [2.05, 4.69) is 43.7 Å². The first-order valence-electron chi connectivity index (χ1n) is 12.2.